The van der Waals surface area contributed by atoms with Crippen LogP contribution in [0.25, 0.3) is 0 Å². The summed E-state index contributed by atoms with van der Waals surface area (Å²) in [5, 5.41) is 3.37. The van der Waals surface area contributed by atoms with Gasteiger partial charge in [-0.2, -0.15) is 0 Å². The van der Waals surface area contributed by atoms with Gasteiger partial charge in [-0.1, -0.05) is 30.2 Å². The van der Waals surface area contributed by atoms with Crippen LogP contribution in [-0.2, 0) is 11.3 Å². The van der Waals surface area contributed by atoms with Crippen molar-refractivity contribution in [2.24, 2.45) is 11.8 Å². The number of rotatable bonds is 7. The quantitative estimate of drug-likeness (QED) is 0.745. The molecule has 1 saturated carbocycles. The fourth-order valence-corrected chi connectivity index (χ4v) is 4.71. The van der Waals surface area contributed by atoms with Crippen LogP contribution in [-0.4, -0.2) is 36.0 Å². The maximum Gasteiger partial charge on any atom is 0.223 e. The third-order valence-corrected chi connectivity index (χ3v) is 6.62. The Hall–Kier alpha value is -2.40. The van der Waals surface area contributed by atoms with Crippen LogP contribution < -0.4 is 10.1 Å². The van der Waals surface area contributed by atoms with E-state index in [2.05, 4.69) is 40.3 Å². The molecule has 2 fully saturated rings. The van der Waals surface area contributed by atoms with Gasteiger partial charge in [-0.05, 0) is 63.3 Å². The molecule has 5 nitrogen and oxygen atoms in total. The summed E-state index contributed by atoms with van der Waals surface area (Å²) < 4.78 is 5.59. The first-order valence-electron chi connectivity index (χ1n) is 11.2. The predicted octanol–water partition coefficient (Wildman–Crippen LogP) is 4.27. The van der Waals surface area contributed by atoms with Crippen LogP contribution >= 0.6 is 0 Å². The van der Waals surface area contributed by atoms with E-state index in [1.165, 1.54) is 17.5 Å². The number of amides is 1. The van der Waals surface area contributed by atoms with E-state index in [0.717, 1.165) is 56.8 Å². The minimum Gasteiger partial charge on any atom is -0.496 e. The van der Waals surface area contributed by atoms with Crippen LogP contribution in [0.2, 0.25) is 0 Å². The number of methoxy groups -OCH3 is 1. The molecule has 0 radical (unpaired) electrons. The van der Waals surface area contributed by atoms with Crippen LogP contribution in [0, 0.1) is 18.8 Å². The third kappa shape index (κ3) is 4.84. The summed E-state index contributed by atoms with van der Waals surface area (Å²) in [6, 6.07) is 12.3. The number of benzene rings is 1. The molecular formula is C25H33N3O2. The van der Waals surface area contributed by atoms with Crippen molar-refractivity contribution < 1.29 is 9.53 Å². The maximum atomic E-state index is 12.8. The van der Waals surface area contributed by atoms with Crippen molar-refractivity contribution in [3.8, 4) is 5.75 Å². The minimum absolute atomic E-state index is 0.0264. The highest BCUT2D eigenvalue weighted by Crippen LogP contribution is 2.33. The molecule has 5 heteroatoms. The van der Waals surface area contributed by atoms with Gasteiger partial charge in [0.25, 0.3) is 0 Å². The first-order valence-corrected chi connectivity index (χ1v) is 11.2. The molecule has 1 aromatic carbocycles. The second-order valence-corrected chi connectivity index (χ2v) is 8.82. The zero-order chi connectivity index (χ0) is 20.9. The second-order valence-electron chi connectivity index (χ2n) is 8.82. The smallest absolute Gasteiger partial charge is 0.223 e. The van der Waals surface area contributed by atoms with E-state index in [9.17, 15) is 4.79 Å². The van der Waals surface area contributed by atoms with Crippen LogP contribution in [0.1, 0.15) is 55.0 Å². The highest BCUT2D eigenvalue weighted by atomic mass is 16.5. The molecule has 0 spiro atoms. The van der Waals surface area contributed by atoms with Gasteiger partial charge in [-0.25, -0.2) is 0 Å². The molecule has 1 aromatic heterocycles. The Balaban J connectivity index is 1.50. The topological polar surface area (TPSA) is 54.5 Å². The Bertz CT molecular complexity index is 851. The van der Waals surface area contributed by atoms with E-state index in [1.807, 2.05) is 24.4 Å². The molecule has 0 bridgehead atoms. The summed E-state index contributed by atoms with van der Waals surface area (Å²) in [4.78, 5) is 19.9. The lowest BCUT2D eigenvalue weighted by atomic mass is 9.83. The van der Waals surface area contributed by atoms with E-state index >= 15 is 0 Å². The lowest BCUT2D eigenvalue weighted by Gasteiger charge is -2.38. The molecule has 1 saturated heterocycles. The number of nitrogens with zero attached hydrogens (tertiary/aromatic N) is 2. The molecule has 0 unspecified atom stereocenters. The summed E-state index contributed by atoms with van der Waals surface area (Å²) in [6.45, 7) is 5.00. The first kappa shape index (κ1) is 20.9. The first-order chi connectivity index (χ1) is 14.6. The molecule has 2 aliphatic rings. The van der Waals surface area contributed by atoms with Gasteiger partial charge < -0.3 is 10.1 Å². The molecule has 1 aliphatic heterocycles. The second kappa shape index (κ2) is 9.61. The Labute approximate surface area is 179 Å². The van der Waals surface area contributed by atoms with Crippen molar-refractivity contribution in [2.45, 2.75) is 51.6 Å². The van der Waals surface area contributed by atoms with E-state index in [0.29, 0.717) is 5.92 Å². The van der Waals surface area contributed by atoms with Crippen LogP contribution in [0.15, 0.2) is 42.6 Å². The fourth-order valence-electron chi connectivity index (χ4n) is 4.71. The van der Waals surface area contributed by atoms with Gasteiger partial charge in [0, 0.05) is 30.8 Å². The Morgan fingerprint density at radius 2 is 2.10 bits per heavy atom. The Morgan fingerprint density at radius 1 is 1.23 bits per heavy atom. The fraction of sp³-hybridized carbons (Fsp3) is 0.520. The molecule has 160 valence electrons. The lowest BCUT2D eigenvalue weighted by molar-refractivity contribution is -0.128. The molecule has 1 N–H and O–H groups in total. The van der Waals surface area contributed by atoms with Crippen molar-refractivity contribution in [1.29, 1.82) is 0 Å². The van der Waals surface area contributed by atoms with E-state index < -0.39 is 0 Å². The van der Waals surface area contributed by atoms with Gasteiger partial charge >= 0.3 is 0 Å². The summed E-state index contributed by atoms with van der Waals surface area (Å²) >= 11 is 0. The number of piperidine rings is 1. The van der Waals surface area contributed by atoms with Gasteiger partial charge in [0.15, 0.2) is 0 Å². The molecular weight excluding hydrogens is 374 g/mol. The number of carbonyl (C=O) groups excluding carboxylic acids is 1. The van der Waals surface area contributed by atoms with Crippen molar-refractivity contribution in [3.05, 3.63) is 59.4 Å². The zero-order valence-corrected chi connectivity index (χ0v) is 18.1. The van der Waals surface area contributed by atoms with Crippen molar-refractivity contribution in [1.82, 2.24) is 15.2 Å². The summed E-state index contributed by atoms with van der Waals surface area (Å²) in [6.07, 6.45) is 7.27. The van der Waals surface area contributed by atoms with Gasteiger partial charge in [-0.3, -0.25) is 14.7 Å². The third-order valence-electron chi connectivity index (χ3n) is 6.62. The normalized spacial score (nSPS) is 20.9. The summed E-state index contributed by atoms with van der Waals surface area (Å²) in [5.74, 6) is 1.69. The number of hydrogen-bond donors (Lipinski definition) is 1. The van der Waals surface area contributed by atoms with Crippen molar-refractivity contribution in [3.63, 3.8) is 0 Å². The molecule has 1 amide bonds. The monoisotopic (exact) mass is 407 g/mol. The number of aryl methyl sites for hydroxylation is 1. The molecule has 1 aliphatic carbocycles. The predicted molar refractivity (Wildman–Crippen MR) is 118 cm³/mol. The molecule has 2 aromatic rings. The largest absolute Gasteiger partial charge is 0.496 e. The summed E-state index contributed by atoms with van der Waals surface area (Å²) in [7, 11) is 1.74. The van der Waals surface area contributed by atoms with Gasteiger partial charge in [0.1, 0.15) is 5.75 Å². The van der Waals surface area contributed by atoms with E-state index in [1.54, 1.807) is 7.11 Å². The standard InChI is InChI=1S/C25H33N3O2/c1-18-11-12-23(30-2)21(15-18)17-28-14-6-9-20(16-28)24(22-10-3-4-13-26-22)27-25(29)19-7-5-8-19/h3-4,10-13,15,19-20,24H,5-9,14,16-17H2,1-2H3,(H,27,29)/t20-,24+/m0/s1. The van der Waals surface area contributed by atoms with Gasteiger partial charge in [0.05, 0.1) is 18.8 Å². The summed E-state index contributed by atoms with van der Waals surface area (Å²) in [5.41, 5.74) is 3.45. The van der Waals surface area contributed by atoms with Crippen molar-refractivity contribution in [2.75, 3.05) is 20.2 Å². The number of nitrogens with one attached hydrogen (secondary N) is 1. The maximum absolute atomic E-state index is 12.8. The number of hydrogen-bond acceptors (Lipinski definition) is 4. The van der Waals surface area contributed by atoms with E-state index in [4.69, 9.17) is 4.74 Å². The average Bonchev–Trinajstić information content (AvgIpc) is 2.72. The van der Waals surface area contributed by atoms with Gasteiger partial charge in [0.2, 0.25) is 5.91 Å². The van der Waals surface area contributed by atoms with Gasteiger partial charge in [-0.15, -0.1) is 0 Å². The highest BCUT2D eigenvalue weighted by Gasteiger charge is 2.33. The van der Waals surface area contributed by atoms with Crippen LogP contribution in [0.5, 0.6) is 5.75 Å². The number of ether oxygens (including phenoxy) is 1. The minimum atomic E-state index is -0.0264. The SMILES string of the molecule is COc1ccc(C)cc1CN1CCC[C@H]([C@@H](NC(=O)C2CCC2)c2ccccn2)C1. The number of carbonyl (C=O) groups is 1. The number of aromatic nitrogens is 1. The molecule has 4 rings (SSSR count). The zero-order valence-electron chi connectivity index (χ0n) is 18.1. The lowest BCUT2D eigenvalue weighted by Crippen LogP contribution is -2.45. The van der Waals surface area contributed by atoms with E-state index in [-0.39, 0.29) is 17.9 Å². The van der Waals surface area contributed by atoms with Crippen LogP contribution in [0.3, 0.4) is 0 Å². The van der Waals surface area contributed by atoms with Crippen molar-refractivity contribution >= 4 is 5.91 Å². The molecule has 2 heterocycles. The van der Waals surface area contributed by atoms with Crippen LogP contribution in [0.4, 0.5) is 0 Å². The molecule has 30 heavy (non-hydrogen) atoms. The average molecular weight is 408 g/mol. The Morgan fingerprint density at radius 3 is 2.80 bits per heavy atom. The number of pyridine rings is 1. The Kier molecular flexibility index (Phi) is 6.68. The molecule has 2 atom stereocenters. The highest BCUT2D eigenvalue weighted by molar-refractivity contribution is 5.79. The number of likely N-dealkylation sites (tertiary alicyclic amines) is 1.